The number of hydrogen-bond donors (Lipinski definition) is 2. The summed E-state index contributed by atoms with van der Waals surface area (Å²) in [4.78, 5) is 51.4. The van der Waals surface area contributed by atoms with Gasteiger partial charge < -0.3 is 15.4 Å². The number of nitrogens with zero attached hydrogens (tertiary/aromatic N) is 2. The van der Waals surface area contributed by atoms with Crippen molar-refractivity contribution >= 4 is 33.4 Å². The first-order valence-electron chi connectivity index (χ1n) is 11.4. The van der Waals surface area contributed by atoms with Gasteiger partial charge in [0.15, 0.2) is 0 Å². The first kappa shape index (κ1) is 23.7. The number of rotatable bonds is 8. The third kappa shape index (κ3) is 5.22. The Hall–Kier alpha value is -3.40. The number of ether oxygens (including phenoxy) is 1. The molecule has 0 atom stereocenters. The number of para-hydroxylation sites is 1. The number of carbonyl (C=O) groups excluding carboxylic acids is 2. The minimum Gasteiger partial charge on any atom is -0.496 e. The molecule has 2 heterocycles. The summed E-state index contributed by atoms with van der Waals surface area (Å²) < 4.78 is 7.79. The molecule has 2 N–H and O–H groups in total. The average Bonchev–Trinajstić information content (AvgIpc) is 3.34. The third-order valence-electron chi connectivity index (χ3n) is 6.08. The fourth-order valence-electron chi connectivity index (χ4n) is 4.33. The monoisotopic (exact) mass is 484 g/mol. The van der Waals surface area contributed by atoms with Crippen molar-refractivity contribution in [2.45, 2.75) is 57.8 Å². The van der Waals surface area contributed by atoms with Crippen LogP contribution in [0.25, 0.3) is 10.2 Å². The van der Waals surface area contributed by atoms with Crippen LogP contribution < -0.4 is 26.6 Å². The van der Waals surface area contributed by atoms with E-state index in [4.69, 9.17) is 4.74 Å². The highest BCUT2D eigenvalue weighted by molar-refractivity contribution is 7.17. The van der Waals surface area contributed by atoms with Crippen molar-refractivity contribution in [2.75, 3.05) is 7.11 Å². The first-order valence-corrected chi connectivity index (χ1v) is 12.2. The van der Waals surface area contributed by atoms with E-state index in [0.29, 0.717) is 16.0 Å². The van der Waals surface area contributed by atoms with Crippen molar-refractivity contribution < 1.29 is 14.3 Å². The van der Waals surface area contributed by atoms with Crippen molar-refractivity contribution in [3.8, 4) is 5.75 Å². The summed E-state index contributed by atoms with van der Waals surface area (Å²) in [5, 5.41) is 7.43. The molecular weight excluding hydrogens is 456 g/mol. The molecule has 0 radical (unpaired) electrons. The lowest BCUT2D eigenvalue weighted by Crippen LogP contribution is -2.46. The molecule has 1 saturated carbocycles. The van der Waals surface area contributed by atoms with Crippen molar-refractivity contribution in [1.29, 1.82) is 0 Å². The van der Waals surface area contributed by atoms with E-state index in [9.17, 15) is 19.2 Å². The van der Waals surface area contributed by atoms with Gasteiger partial charge in [-0.1, -0.05) is 37.5 Å². The van der Waals surface area contributed by atoms with Gasteiger partial charge in [0.05, 0.1) is 12.6 Å². The van der Waals surface area contributed by atoms with Crippen molar-refractivity contribution in [2.24, 2.45) is 0 Å². The van der Waals surface area contributed by atoms with Crippen molar-refractivity contribution in [3.63, 3.8) is 0 Å². The number of carbonyl (C=O) groups is 2. The number of benzene rings is 1. The summed E-state index contributed by atoms with van der Waals surface area (Å²) in [5.41, 5.74) is -0.0332. The molecule has 4 rings (SSSR count). The van der Waals surface area contributed by atoms with Gasteiger partial charge in [0.1, 0.15) is 23.5 Å². The van der Waals surface area contributed by atoms with Crippen LogP contribution in [-0.2, 0) is 29.2 Å². The standard InChI is InChI=1S/C24H28N4O5S/c1-33-19-10-6-5-7-16(19)13-25-20(29)14-28-23(31)22-18(11-12-34-22)27(24(28)32)15-21(30)26-17-8-3-2-4-9-17/h5-7,10-12,17H,2-4,8-9,13-15H2,1H3,(H,25,29)(H,26,30). The normalized spacial score (nSPS) is 14.1. The topological polar surface area (TPSA) is 111 Å². The van der Waals surface area contributed by atoms with Crippen molar-refractivity contribution in [3.05, 3.63) is 62.1 Å². The van der Waals surface area contributed by atoms with Crippen LogP contribution in [0.1, 0.15) is 37.7 Å². The van der Waals surface area contributed by atoms with Crippen LogP contribution in [0.3, 0.4) is 0 Å². The van der Waals surface area contributed by atoms with E-state index in [2.05, 4.69) is 10.6 Å². The molecular formula is C24H28N4O5S. The zero-order valence-corrected chi connectivity index (χ0v) is 19.9. The number of fused-ring (bicyclic) bond motifs is 1. The Balaban J connectivity index is 1.53. The van der Waals surface area contributed by atoms with Gasteiger partial charge in [-0.3, -0.25) is 19.0 Å². The summed E-state index contributed by atoms with van der Waals surface area (Å²) in [5.74, 6) is -0.127. The van der Waals surface area contributed by atoms with Crippen LogP contribution in [0.5, 0.6) is 5.75 Å². The van der Waals surface area contributed by atoms with Gasteiger partial charge in [0, 0.05) is 18.2 Å². The lowest BCUT2D eigenvalue weighted by molar-refractivity contribution is -0.122. The van der Waals surface area contributed by atoms with E-state index >= 15 is 0 Å². The molecule has 0 unspecified atom stereocenters. The minimum atomic E-state index is -0.679. The largest absolute Gasteiger partial charge is 0.496 e. The highest BCUT2D eigenvalue weighted by Crippen LogP contribution is 2.19. The Bertz CT molecular complexity index is 1300. The number of thiophene rings is 1. The van der Waals surface area contributed by atoms with Gasteiger partial charge in [0.2, 0.25) is 11.8 Å². The molecule has 2 aromatic heterocycles. The summed E-state index contributed by atoms with van der Waals surface area (Å²) in [6, 6.07) is 9.03. The maximum atomic E-state index is 13.2. The first-order chi connectivity index (χ1) is 16.5. The van der Waals surface area contributed by atoms with Gasteiger partial charge in [0.25, 0.3) is 5.56 Å². The third-order valence-corrected chi connectivity index (χ3v) is 6.97. The number of hydrogen-bond acceptors (Lipinski definition) is 6. The van der Waals surface area contributed by atoms with E-state index in [1.54, 1.807) is 24.6 Å². The fraction of sp³-hybridized carbons (Fsp3) is 0.417. The lowest BCUT2D eigenvalue weighted by Gasteiger charge is -2.23. The molecule has 2 amide bonds. The number of amides is 2. The SMILES string of the molecule is COc1ccccc1CNC(=O)Cn1c(=O)c2sccc2n(CC(=O)NC2CCCCC2)c1=O. The minimum absolute atomic E-state index is 0.113. The van der Waals surface area contributed by atoms with Gasteiger partial charge in [-0.25, -0.2) is 9.36 Å². The Labute approximate surface area is 200 Å². The van der Waals surface area contributed by atoms with Crippen LogP contribution in [0.15, 0.2) is 45.3 Å². The second kappa shape index (κ2) is 10.7. The maximum absolute atomic E-state index is 13.2. The molecule has 1 aliphatic rings. The zero-order chi connectivity index (χ0) is 24.1. The second-order valence-corrected chi connectivity index (χ2v) is 9.30. The molecule has 1 aromatic carbocycles. The number of nitrogens with one attached hydrogen (secondary N) is 2. The second-order valence-electron chi connectivity index (χ2n) is 8.39. The molecule has 0 aliphatic heterocycles. The predicted molar refractivity (Wildman–Crippen MR) is 130 cm³/mol. The zero-order valence-electron chi connectivity index (χ0n) is 19.0. The van der Waals surface area contributed by atoms with Gasteiger partial charge in [-0.2, -0.15) is 0 Å². The highest BCUT2D eigenvalue weighted by atomic mass is 32.1. The summed E-state index contributed by atoms with van der Waals surface area (Å²) in [6.45, 7) is -0.451. The molecule has 0 bridgehead atoms. The molecule has 9 nitrogen and oxygen atoms in total. The Morgan fingerprint density at radius 2 is 1.76 bits per heavy atom. The predicted octanol–water partition coefficient (Wildman–Crippen LogP) is 2.00. The molecule has 0 saturated heterocycles. The Morgan fingerprint density at radius 3 is 2.53 bits per heavy atom. The maximum Gasteiger partial charge on any atom is 0.332 e. The van der Waals surface area contributed by atoms with E-state index in [1.807, 2.05) is 18.2 Å². The molecule has 1 aliphatic carbocycles. The van der Waals surface area contributed by atoms with Crippen molar-refractivity contribution in [1.82, 2.24) is 19.8 Å². The van der Waals surface area contributed by atoms with Gasteiger partial charge in [-0.05, 0) is 30.4 Å². The smallest absolute Gasteiger partial charge is 0.332 e. The average molecular weight is 485 g/mol. The van der Waals surface area contributed by atoms with E-state index in [0.717, 1.165) is 35.8 Å². The number of methoxy groups -OCH3 is 1. The fourth-order valence-corrected chi connectivity index (χ4v) is 5.17. The van der Waals surface area contributed by atoms with Gasteiger partial charge >= 0.3 is 5.69 Å². The quantitative estimate of drug-likeness (QED) is 0.508. The molecule has 180 valence electrons. The summed E-state index contributed by atoms with van der Waals surface area (Å²) >= 11 is 1.18. The van der Waals surface area contributed by atoms with Crippen LogP contribution in [-0.4, -0.2) is 34.1 Å². The molecule has 1 fully saturated rings. The van der Waals surface area contributed by atoms with Gasteiger partial charge in [-0.15, -0.1) is 11.3 Å². The Morgan fingerprint density at radius 1 is 1.03 bits per heavy atom. The summed E-state index contributed by atoms with van der Waals surface area (Å²) in [7, 11) is 1.54. The Kier molecular flexibility index (Phi) is 7.46. The van der Waals surface area contributed by atoms with Crippen LogP contribution in [0.4, 0.5) is 0 Å². The van der Waals surface area contributed by atoms with E-state index < -0.39 is 23.7 Å². The van der Waals surface area contributed by atoms with Crippen LogP contribution >= 0.6 is 11.3 Å². The molecule has 0 spiro atoms. The van der Waals surface area contributed by atoms with Crippen LogP contribution in [0, 0.1) is 0 Å². The number of aromatic nitrogens is 2. The lowest BCUT2D eigenvalue weighted by atomic mass is 9.95. The molecule has 10 heteroatoms. The van der Waals surface area contributed by atoms with Crippen LogP contribution in [0.2, 0.25) is 0 Å². The van der Waals surface area contributed by atoms with E-state index in [-0.39, 0.29) is 25.0 Å². The summed E-state index contributed by atoms with van der Waals surface area (Å²) in [6.07, 6.45) is 5.19. The molecule has 3 aromatic rings. The highest BCUT2D eigenvalue weighted by Gasteiger charge is 2.20. The molecule has 34 heavy (non-hydrogen) atoms. The van der Waals surface area contributed by atoms with E-state index in [1.165, 1.54) is 22.3 Å².